The van der Waals surface area contributed by atoms with Crippen LogP contribution in [-0.2, 0) is 10.8 Å². The fourth-order valence-electron chi connectivity index (χ4n) is 6.17. The molecular weight excluding hydrogens is 432 g/mol. The Morgan fingerprint density at radius 2 is 0.722 bits per heavy atom. The molecule has 0 aliphatic rings. The van der Waals surface area contributed by atoms with Crippen molar-refractivity contribution >= 4 is 64.6 Å². The maximum Gasteiger partial charge on any atom is -0.00322 e. The lowest BCUT2D eigenvalue weighted by atomic mass is 9.81. The Hall–Kier alpha value is -3.64. The lowest BCUT2D eigenvalue weighted by molar-refractivity contribution is 0.591. The number of fused-ring (bicyclic) bond motifs is 5. The summed E-state index contributed by atoms with van der Waals surface area (Å²) in [5.41, 5.74) is 2.98. The van der Waals surface area contributed by atoms with Gasteiger partial charge in [-0.15, -0.1) is 0 Å². The Morgan fingerprint density at radius 3 is 1.08 bits per heavy atom. The Morgan fingerprint density at radius 1 is 0.361 bits per heavy atom. The molecule has 176 valence electrons. The minimum Gasteiger partial charge on any atom is -0.0610 e. The van der Waals surface area contributed by atoms with Crippen molar-refractivity contribution in [1.29, 1.82) is 0 Å². The lowest BCUT2D eigenvalue weighted by Gasteiger charge is -2.23. The van der Waals surface area contributed by atoms with Crippen LogP contribution in [0, 0.1) is 0 Å². The Bertz CT molecular complexity index is 1840. The average Bonchev–Trinajstić information content (AvgIpc) is 2.83. The number of hydrogen-bond acceptors (Lipinski definition) is 0. The summed E-state index contributed by atoms with van der Waals surface area (Å²) in [6, 6.07) is 32.8. The van der Waals surface area contributed by atoms with Crippen molar-refractivity contribution in [2.45, 2.75) is 52.4 Å². The summed E-state index contributed by atoms with van der Waals surface area (Å²) in [6.45, 7) is 13.9. The van der Waals surface area contributed by atoms with E-state index in [9.17, 15) is 0 Å². The van der Waals surface area contributed by atoms with Gasteiger partial charge in [0.1, 0.15) is 0 Å². The summed E-state index contributed by atoms with van der Waals surface area (Å²) in [7, 11) is 0. The van der Waals surface area contributed by atoms with Gasteiger partial charge < -0.3 is 0 Å². The van der Waals surface area contributed by atoms with Crippen LogP contribution in [0.3, 0.4) is 0 Å². The van der Waals surface area contributed by atoms with Crippen LogP contribution in [0.15, 0.2) is 84.9 Å². The zero-order valence-corrected chi connectivity index (χ0v) is 22.1. The number of hydrogen-bond donors (Lipinski definition) is 0. The van der Waals surface area contributed by atoms with Gasteiger partial charge in [0, 0.05) is 0 Å². The molecule has 0 amide bonds. The van der Waals surface area contributed by atoms with Gasteiger partial charge in [-0.3, -0.25) is 0 Å². The molecule has 0 radical (unpaired) electrons. The molecule has 0 fully saturated rings. The van der Waals surface area contributed by atoms with E-state index < -0.39 is 0 Å². The topological polar surface area (TPSA) is 0 Å². The van der Waals surface area contributed by atoms with Gasteiger partial charge in [-0.2, -0.15) is 0 Å². The molecule has 0 bridgehead atoms. The van der Waals surface area contributed by atoms with Crippen molar-refractivity contribution < 1.29 is 0 Å². The van der Waals surface area contributed by atoms with E-state index in [0.717, 1.165) is 0 Å². The summed E-state index contributed by atoms with van der Waals surface area (Å²) in [4.78, 5) is 0. The smallest absolute Gasteiger partial charge is 0.00322 e. The van der Waals surface area contributed by atoms with E-state index in [1.54, 1.807) is 0 Å². The summed E-state index contributed by atoms with van der Waals surface area (Å²) >= 11 is 0. The highest BCUT2D eigenvalue weighted by Crippen LogP contribution is 2.43. The molecule has 0 aliphatic carbocycles. The molecule has 0 heterocycles. The summed E-state index contributed by atoms with van der Waals surface area (Å²) in [5, 5.41) is 16.2. The van der Waals surface area contributed by atoms with Crippen molar-refractivity contribution in [2.75, 3.05) is 0 Å². The molecule has 0 atom stereocenters. The average molecular weight is 465 g/mol. The van der Waals surface area contributed by atoms with Gasteiger partial charge in [0.05, 0.1) is 0 Å². The monoisotopic (exact) mass is 464 g/mol. The van der Waals surface area contributed by atoms with Crippen molar-refractivity contribution in [3.05, 3.63) is 96.1 Å². The summed E-state index contributed by atoms with van der Waals surface area (Å²) in [6.07, 6.45) is 0. The Labute approximate surface area is 212 Å². The normalized spacial score (nSPS) is 13.3. The predicted molar refractivity (Wildman–Crippen MR) is 160 cm³/mol. The van der Waals surface area contributed by atoms with Crippen LogP contribution < -0.4 is 0 Å². The number of rotatable bonds is 0. The maximum absolute atomic E-state index is 2.44. The minimum atomic E-state index is 0.0975. The van der Waals surface area contributed by atoms with Crippen LogP contribution >= 0.6 is 0 Å². The zero-order chi connectivity index (χ0) is 25.0. The van der Waals surface area contributed by atoms with E-state index in [4.69, 9.17) is 0 Å². The van der Waals surface area contributed by atoms with Crippen molar-refractivity contribution in [1.82, 2.24) is 0 Å². The van der Waals surface area contributed by atoms with Crippen LogP contribution in [0.25, 0.3) is 64.6 Å². The second-order valence-corrected chi connectivity index (χ2v) is 12.7. The second-order valence-electron chi connectivity index (χ2n) is 12.7. The van der Waals surface area contributed by atoms with E-state index >= 15 is 0 Å². The molecule has 7 rings (SSSR count). The van der Waals surface area contributed by atoms with Crippen LogP contribution in [0.5, 0.6) is 0 Å². The predicted octanol–water partition coefficient (Wildman–Crippen LogP) is 10.6. The molecule has 0 aromatic heterocycles. The van der Waals surface area contributed by atoms with Crippen LogP contribution in [0.2, 0.25) is 0 Å². The zero-order valence-electron chi connectivity index (χ0n) is 22.1. The van der Waals surface area contributed by atoms with Crippen molar-refractivity contribution in [2.24, 2.45) is 0 Å². The van der Waals surface area contributed by atoms with Gasteiger partial charge in [0.15, 0.2) is 0 Å². The van der Waals surface area contributed by atoms with E-state index in [1.165, 1.54) is 75.8 Å². The van der Waals surface area contributed by atoms with E-state index in [0.29, 0.717) is 0 Å². The fraction of sp³-hybridized carbons (Fsp3) is 0.222. The Balaban J connectivity index is 1.71. The van der Waals surface area contributed by atoms with Gasteiger partial charge >= 0.3 is 0 Å². The highest BCUT2D eigenvalue weighted by atomic mass is 14.2. The summed E-state index contributed by atoms with van der Waals surface area (Å²) in [5.74, 6) is 0. The third kappa shape index (κ3) is 3.00. The molecule has 0 heteroatoms. The van der Waals surface area contributed by atoms with Gasteiger partial charge in [-0.25, -0.2) is 0 Å². The van der Waals surface area contributed by atoms with Crippen LogP contribution in [0.1, 0.15) is 52.7 Å². The number of benzene rings is 7. The van der Waals surface area contributed by atoms with Crippen molar-refractivity contribution in [3.63, 3.8) is 0 Å². The van der Waals surface area contributed by atoms with E-state index in [2.05, 4.69) is 126 Å². The second kappa shape index (κ2) is 6.98. The van der Waals surface area contributed by atoms with Crippen LogP contribution in [0.4, 0.5) is 0 Å². The largest absolute Gasteiger partial charge is 0.0610 e. The Kier molecular flexibility index (Phi) is 4.19. The fourth-order valence-corrected chi connectivity index (χ4v) is 6.17. The van der Waals surface area contributed by atoms with Gasteiger partial charge in [-0.1, -0.05) is 102 Å². The third-order valence-corrected chi connectivity index (χ3v) is 8.22. The first kappa shape index (κ1) is 21.6. The molecule has 36 heavy (non-hydrogen) atoms. The highest BCUT2D eigenvalue weighted by molar-refractivity contribution is 6.31. The van der Waals surface area contributed by atoms with Gasteiger partial charge in [0.25, 0.3) is 0 Å². The summed E-state index contributed by atoms with van der Waals surface area (Å²) < 4.78 is 0. The molecule has 0 unspecified atom stereocenters. The maximum atomic E-state index is 2.44. The molecule has 0 saturated carbocycles. The molecule has 0 spiro atoms. The molecular formula is C36H32. The molecule has 0 nitrogen and oxygen atoms in total. The molecule has 7 aromatic rings. The standard InChI is InChI=1S/C36H32/c1-35(2,3)25-15-21-9-7-11-23-17-29-27(31(19-25)33(21)23)13-14-28-30(29)18-24-12-8-10-22-16-26(36(4,5)6)20-32(28)34(22)24/h7-20H,1-6H3. The third-order valence-electron chi connectivity index (χ3n) is 8.22. The highest BCUT2D eigenvalue weighted by Gasteiger charge is 2.20. The molecule has 0 aliphatic heterocycles. The SMILES string of the molecule is CC(C)(C)c1cc2cccc3cc4c5cc6cccc7cc(C(C)(C)C)cc(c5ccc4c(c1)c23)c76. The molecule has 0 saturated heterocycles. The van der Waals surface area contributed by atoms with E-state index in [-0.39, 0.29) is 10.8 Å². The van der Waals surface area contributed by atoms with Gasteiger partial charge in [0.2, 0.25) is 0 Å². The minimum absolute atomic E-state index is 0.0975. The lowest BCUT2D eigenvalue weighted by Crippen LogP contribution is -2.11. The van der Waals surface area contributed by atoms with Gasteiger partial charge in [-0.05, 0) is 111 Å². The molecule has 7 aromatic carbocycles. The quantitative estimate of drug-likeness (QED) is 0.155. The first-order chi connectivity index (χ1) is 17.1. The molecule has 0 N–H and O–H groups in total. The van der Waals surface area contributed by atoms with Crippen LogP contribution in [-0.4, -0.2) is 0 Å². The van der Waals surface area contributed by atoms with Crippen molar-refractivity contribution in [3.8, 4) is 0 Å². The van der Waals surface area contributed by atoms with E-state index in [1.807, 2.05) is 0 Å². The first-order valence-electron chi connectivity index (χ1n) is 13.1. The first-order valence-corrected chi connectivity index (χ1v) is 13.1.